The Morgan fingerprint density at radius 3 is 2.45 bits per heavy atom. The highest BCUT2D eigenvalue weighted by Crippen LogP contribution is 2.42. The van der Waals surface area contributed by atoms with E-state index in [9.17, 15) is 4.79 Å². The third-order valence-corrected chi connectivity index (χ3v) is 5.91. The van der Waals surface area contributed by atoms with E-state index in [0.717, 1.165) is 64.3 Å². The molecule has 1 aliphatic rings. The van der Waals surface area contributed by atoms with Gasteiger partial charge in [-0.2, -0.15) is 0 Å². The van der Waals surface area contributed by atoms with E-state index in [1.807, 2.05) is 43.3 Å². The van der Waals surface area contributed by atoms with E-state index in [0.29, 0.717) is 12.4 Å². The van der Waals surface area contributed by atoms with Crippen molar-refractivity contribution in [3.63, 3.8) is 0 Å². The van der Waals surface area contributed by atoms with Gasteiger partial charge in [-0.1, -0.05) is 44.2 Å². The number of hydrogen-bond donors (Lipinski definition) is 1. The summed E-state index contributed by atoms with van der Waals surface area (Å²) in [5, 5.41) is 8.98. The standard InChI is InChI=1S/C28H30O5/c1-18(2)24-15-21(12-13-25(24)31-16-20-8-5-4-6-9-20)33-28-19(3)14-26(32-17-27(29)30)22-10-7-11-23(22)28/h4-6,8-9,12-15,18H,7,10-11,16-17H2,1-3H3,(H,29,30). The van der Waals surface area contributed by atoms with Crippen molar-refractivity contribution in [2.75, 3.05) is 6.61 Å². The van der Waals surface area contributed by atoms with Crippen LogP contribution in [-0.4, -0.2) is 17.7 Å². The molecular formula is C28H30O5. The van der Waals surface area contributed by atoms with Gasteiger partial charge in [0, 0.05) is 16.7 Å². The first-order valence-electron chi connectivity index (χ1n) is 11.4. The van der Waals surface area contributed by atoms with Crippen LogP contribution < -0.4 is 14.2 Å². The Labute approximate surface area is 194 Å². The molecule has 0 amide bonds. The Hall–Kier alpha value is -3.47. The minimum atomic E-state index is -0.976. The normalized spacial score (nSPS) is 12.5. The van der Waals surface area contributed by atoms with Gasteiger partial charge in [0.25, 0.3) is 0 Å². The molecule has 0 saturated carbocycles. The summed E-state index contributed by atoms with van der Waals surface area (Å²) < 4.78 is 18.1. The van der Waals surface area contributed by atoms with Gasteiger partial charge in [-0.05, 0) is 67.5 Å². The summed E-state index contributed by atoms with van der Waals surface area (Å²) in [7, 11) is 0. The largest absolute Gasteiger partial charge is 0.489 e. The number of fused-ring (bicyclic) bond motifs is 1. The molecule has 0 aliphatic heterocycles. The van der Waals surface area contributed by atoms with Crippen molar-refractivity contribution in [2.45, 2.75) is 52.6 Å². The molecule has 0 saturated heterocycles. The van der Waals surface area contributed by atoms with Gasteiger partial charge >= 0.3 is 5.97 Å². The minimum absolute atomic E-state index is 0.276. The molecule has 5 heteroatoms. The smallest absolute Gasteiger partial charge is 0.341 e. The molecule has 0 fully saturated rings. The van der Waals surface area contributed by atoms with Crippen LogP contribution in [0.15, 0.2) is 54.6 Å². The van der Waals surface area contributed by atoms with E-state index in [1.165, 1.54) is 0 Å². The van der Waals surface area contributed by atoms with Gasteiger partial charge in [0.05, 0.1) is 0 Å². The van der Waals surface area contributed by atoms with E-state index >= 15 is 0 Å². The van der Waals surface area contributed by atoms with Crippen molar-refractivity contribution in [1.82, 2.24) is 0 Å². The molecule has 1 N–H and O–H groups in total. The van der Waals surface area contributed by atoms with Crippen molar-refractivity contribution in [2.24, 2.45) is 0 Å². The van der Waals surface area contributed by atoms with E-state index in [-0.39, 0.29) is 12.5 Å². The van der Waals surface area contributed by atoms with Crippen molar-refractivity contribution in [1.29, 1.82) is 0 Å². The molecule has 3 aromatic rings. The van der Waals surface area contributed by atoms with Crippen LogP contribution in [0.1, 0.15) is 54.0 Å². The first-order valence-corrected chi connectivity index (χ1v) is 11.4. The summed E-state index contributed by atoms with van der Waals surface area (Å²) in [5.74, 6) is 2.43. The Balaban J connectivity index is 1.58. The SMILES string of the molecule is Cc1cc(OCC(=O)O)c2c(c1Oc1ccc(OCc3ccccc3)c(C(C)C)c1)CCC2. The minimum Gasteiger partial charge on any atom is -0.489 e. The third-order valence-electron chi connectivity index (χ3n) is 5.91. The molecule has 0 bridgehead atoms. The van der Waals surface area contributed by atoms with Gasteiger partial charge in [-0.25, -0.2) is 4.79 Å². The maximum Gasteiger partial charge on any atom is 0.341 e. The molecule has 0 radical (unpaired) electrons. The Bertz CT molecular complexity index is 1130. The maximum atomic E-state index is 10.9. The average molecular weight is 447 g/mol. The predicted octanol–water partition coefficient (Wildman–Crippen LogP) is 6.44. The highest BCUT2D eigenvalue weighted by molar-refractivity contribution is 5.69. The fourth-order valence-corrected chi connectivity index (χ4v) is 4.29. The second-order valence-corrected chi connectivity index (χ2v) is 8.74. The Morgan fingerprint density at radius 1 is 0.970 bits per heavy atom. The van der Waals surface area contributed by atoms with Crippen LogP contribution in [0.3, 0.4) is 0 Å². The van der Waals surface area contributed by atoms with Gasteiger partial charge in [-0.15, -0.1) is 0 Å². The van der Waals surface area contributed by atoms with Gasteiger partial charge in [0.2, 0.25) is 0 Å². The van der Waals surface area contributed by atoms with Crippen molar-refractivity contribution in [3.8, 4) is 23.0 Å². The second kappa shape index (κ2) is 9.99. The van der Waals surface area contributed by atoms with Crippen LogP contribution >= 0.6 is 0 Å². The lowest BCUT2D eigenvalue weighted by atomic mass is 10.0. The number of aryl methyl sites for hydroxylation is 1. The van der Waals surface area contributed by atoms with Gasteiger partial charge in [0.15, 0.2) is 6.61 Å². The number of hydrogen-bond acceptors (Lipinski definition) is 4. The molecule has 3 aromatic carbocycles. The first kappa shape index (κ1) is 22.7. The maximum absolute atomic E-state index is 10.9. The summed E-state index contributed by atoms with van der Waals surface area (Å²) in [6.07, 6.45) is 2.76. The van der Waals surface area contributed by atoms with Crippen LogP contribution in [0, 0.1) is 6.92 Å². The number of ether oxygens (including phenoxy) is 3. The molecule has 0 spiro atoms. The van der Waals surface area contributed by atoms with Crippen LogP contribution in [0.2, 0.25) is 0 Å². The first-order chi connectivity index (χ1) is 15.9. The molecule has 0 unspecified atom stereocenters. The summed E-state index contributed by atoms with van der Waals surface area (Å²) in [6.45, 7) is 6.44. The number of aliphatic carboxylic acids is 1. The zero-order valence-electron chi connectivity index (χ0n) is 19.4. The lowest BCUT2D eigenvalue weighted by Crippen LogP contribution is -2.11. The Kier molecular flexibility index (Phi) is 6.87. The molecule has 0 heterocycles. The lowest BCUT2D eigenvalue weighted by molar-refractivity contribution is -0.139. The average Bonchev–Trinajstić information content (AvgIpc) is 3.29. The molecule has 172 valence electrons. The van der Waals surface area contributed by atoms with Crippen molar-refractivity contribution >= 4 is 5.97 Å². The summed E-state index contributed by atoms with van der Waals surface area (Å²) in [4.78, 5) is 10.9. The molecule has 5 nitrogen and oxygen atoms in total. The molecular weight excluding hydrogens is 416 g/mol. The molecule has 0 atom stereocenters. The molecule has 1 aliphatic carbocycles. The van der Waals surface area contributed by atoms with E-state index < -0.39 is 5.97 Å². The van der Waals surface area contributed by atoms with Crippen molar-refractivity contribution < 1.29 is 24.1 Å². The molecule has 33 heavy (non-hydrogen) atoms. The Morgan fingerprint density at radius 2 is 1.73 bits per heavy atom. The van der Waals surface area contributed by atoms with Crippen LogP contribution in [0.5, 0.6) is 23.0 Å². The molecule has 4 rings (SSSR count). The number of rotatable bonds is 9. The van der Waals surface area contributed by atoms with Crippen LogP contribution in [0.25, 0.3) is 0 Å². The van der Waals surface area contributed by atoms with Crippen LogP contribution in [-0.2, 0) is 24.2 Å². The fourth-order valence-electron chi connectivity index (χ4n) is 4.29. The highest BCUT2D eigenvalue weighted by Gasteiger charge is 2.24. The monoisotopic (exact) mass is 446 g/mol. The van der Waals surface area contributed by atoms with E-state index in [4.69, 9.17) is 19.3 Å². The topological polar surface area (TPSA) is 65.0 Å². The van der Waals surface area contributed by atoms with E-state index in [1.54, 1.807) is 0 Å². The fraction of sp³-hybridized carbons (Fsp3) is 0.321. The number of carbonyl (C=O) groups is 1. The number of carboxylic acid groups (broad SMARTS) is 1. The zero-order chi connectivity index (χ0) is 23.4. The predicted molar refractivity (Wildman–Crippen MR) is 128 cm³/mol. The van der Waals surface area contributed by atoms with Crippen molar-refractivity contribution in [3.05, 3.63) is 82.4 Å². The number of carboxylic acids is 1. The summed E-state index contributed by atoms with van der Waals surface area (Å²) in [5.41, 5.74) is 5.34. The zero-order valence-corrected chi connectivity index (χ0v) is 19.4. The van der Waals surface area contributed by atoms with Gasteiger partial charge in [0.1, 0.15) is 29.6 Å². The molecule has 0 aromatic heterocycles. The van der Waals surface area contributed by atoms with Gasteiger partial charge in [-0.3, -0.25) is 0 Å². The highest BCUT2D eigenvalue weighted by atomic mass is 16.5. The van der Waals surface area contributed by atoms with Gasteiger partial charge < -0.3 is 19.3 Å². The summed E-state index contributed by atoms with van der Waals surface area (Å²) >= 11 is 0. The number of benzene rings is 3. The lowest BCUT2D eigenvalue weighted by Gasteiger charge is -2.19. The summed E-state index contributed by atoms with van der Waals surface area (Å²) in [6, 6.07) is 18.0. The third kappa shape index (κ3) is 5.30. The quantitative estimate of drug-likeness (QED) is 0.410. The van der Waals surface area contributed by atoms with Crippen LogP contribution in [0.4, 0.5) is 0 Å². The van der Waals surface area contributed by atoms with E-state index in [2.05, 4.69) is 32.0 Å². The second-order valence-electron chi connectivity index (χ2n) is 8.74.